The average Bonchev–Trinajstić information content (AvgIpc) is 2.84. The Bertz CT molecular complexity index is 624. The first-order chi connectivity index (χ1) is 10.9. The fourth-order valence-corrected chi connectivity index (χ4v) is 2.51. The van der Waals surface area contributed by atoms with Crippen LogP contribution in [0.3, 0.4) is 0 Å². The van der Waals surface area contributed by atoms with Crippen LogP contribution in [0.1, 0.15) is 22.3 Å². The summed E-state index contributed by atoms with van der Waals surface area (Å²) in [5.74, 6) is -1.15. The molecular formula is C15H19N3O4S. The van der Waals surface area contributed by atoms with Crippen LogP contribution in [0.25, 0.3) is 0 Å². The Morgan fingerprint density at radius 3 is 2.61 bits per heavy atom. The van der Waals surface area contributed by atoms with E-state index in [2.05, 4.69) is 23.5 Å². The summed E-state index contributed by atoms with van der Waals surface area (Å²) in [7, 11) is 0. The quantitative estimate of drug-likeness (QED) is 0.577. The monoisotopic (exact) mass is 337 g/mol. The van der Waals surface area contributed by atoms with Crippen LogP contribution >= 0.6 is 11.3 Å². The Balaban J connectivity index is 2.72. The molecule has 23 heavy (non-hydrogen) atoms. The third-order valence-corrected chi connectivity index (χ3v) is 3.74. The van der Waals surface area contributed by atoms with Gasteiger partial charge in [0.1, 0.15) is 18.0 Å². The lowest BCUT2D eigenvalue weighted by atomic mass is 10.4. The molecular weight excluding hydrogens is 318 g/mol. The minimum Gasteiger partial charge on any atom is -0.457 e. The van der Waals surface area contributed by atoms with Gasteiger partial charge in [-0.25, -0.2) is 9.78 Å². The Morgan fingerprint density at radius 1 is 1.35 bits per heavy atom. The van der Waals surface area contributed by atoms with Crippen LogP contribution in [-0.4, -0.2) is 47.4 Å². The van der Waals surface area contributed by atoms with E-state index in [1.165, 1.54) is 24.0 Å². The molecule has 1 rings (SSSR count). The van der Waals surface area contributed by atoms with Crippen LogP contribution in [0.2, 0.25) is 0 Å². The molecule has 0 fully saturated rings. The summed E-state index contributed by atoms with van der Waals surface area (Å²) in [6.07, 6.45) is 3.00. The predicted octanol–water partition coefficient (Wildman–Crippen LogP) is 1.77. The summed E-state index contributed by atoms with van der Waals surface area (Å²) in [5, 5.41) is 2.85. The second-order valence-electron chi connectivity index (χ2n) is 4.56. The second kappa shape index (κ2) is 8.84. The average molecular weight is 337 g/mol. The van der Waals surface area contributed by atoms with Gasteiger partial charge in [0.25, 0.3) is 0 Å². The van der Waals surface area contributed by atoms with Crippen molar-refractivity contribution >= 4 is 34.3 Å². The topological polar surface area (TPSA) is 88.6 Å². The van der Waals surface area contributed by atoms with Gasteiger partial charge in [0, 0.05) is 13.5 Å². The molecule has 0 saturated carbocycles. The van der Waals surface area contributed by atoms with Gasteiger partial charge in [0.15, 0.2) is 5.13 Å². The van der Waals surface area contributed by atoms with Crippen LogP contribution in [0.15, 0.2) is 25.3 Å². The van der Waals surface area contributed by atoms with Crippen LogP contribution in [0.4, 0.5) is 5.13 Å². The van der Waals surface area contributed by atoms with E-state index in [9.17, 15) is 14.4 Å². The highest BCUT2D eigenvalue weighted by Crippen LogP contribution is 2.23. The molecule has 1 heterocycles. The molecule has 0 unspecified atom stereocenters. The highest BCUT2D eigenvalue weighted by atomic mass is 32.1. The molecule has 0 aliphatic heterocycles. The number of hydrogen-bond acceptors (Lipinski definition) is 6. The van der Waals surface area contributed by atoms with Crippen LogP contribution in [0, 0.1) is 6.92 Å². The van der Waals surface area contributed by atoms with Gasteiger partial charge < -0.3 is 15.0 Å². The van der Waals surface area contributed by atoms with Gasteiger partial charge in [-0.3, -0.25) is 9.59 Å². The van der Waals surface area contributed by atoms with Crippen molar-refractivity contribution < 1.29 is 19.1 Å². The first-order valence-electron chi connectivity index (χ1n) is 6.80. The number of anilines is 1. The number of carbonyl (C=O) groups excluding carboxylic acids is 3. The molecule has 0 atom stereocenters. The number of amides is 2. The summed E-state index contributed by atoms with van der Waals surface area (Å²) in [4.78, 5) is 40.9. The minimum absolute atomic E-state index is 0.104. The zero-order valence-corrected chi connectivity index (χ0v) is 13.9. The molecule has 2 amide bonds. The van der Waals surface area contributed by atoms with Crippen molar-refractivity contribution in [2.75, 3.05) is 25.0 Å². The van der Waals surface area contributed by atoms with Crippen molar-refractivity contribution in [3.05, 3.63) is 35.9 Å². The molecule has 0 radical (unpaired) electrons. The van der Waals surface area contributed by atoms with Crippen molar-refractivity contribution in [2.24, 2.45) is 0 Å². The Kier molecular flexibility index (Phi) is 7.14. The summed E-state index contributed by atoms with van der Waals surface area (Å²) >= 11 is 1.02. The number of carbonyl (C=O) groups is 3. The van der Waals surface area contributed by atoms with Gasteiger partial charge >= 0.3 is 5.97 Å². The first-order valence-corrected chi connectivity index (χ1v) is 7.62. The van der Waals surface area contributed by atoms with Gasteiger partial charge in [0.2, 0.25) is 11.8 Å². The number of thiazole rings is 1. The van der Waals surface area contributed by atoms with Gasteiger partial charge in [-0.05, 0) is 6.92 Å². The van der Waals surface area contributed by atoms with Crippen molar-refractivity contribution in [1.82, 2.24) is 9.88 Å². The normalized spacial score (nSPS) is 9.83. The van der Waals surface area contributed by atoms with Gasteiger partial charge in [-0.2, -0.15) is 0 Å². The number of esters is 1. The molecule has 1 N–H and O–H groups in total. The maximum atomic E-state index is 12.0. The summed E-state index contributed by atoms with van der Waals surface area (Å²) < 4.78 is 4.94. The lowest BCUT2D eigenvalue weighted by molar-refractivity contribution is -0.132. The number of aromatic nitrogens is 1. The van der Waals surface area contributed by atoms with Gasteiger partial charge in [-0.1, -0.05) is 30.1 Å². The number of nitrogens with zero attached hydrogens (tertiary/aromatic N) is 2. The van der Waals surface area contributed by atoms with E-state index in [-0.39, 0.29) is 30.7 Å². The fraction of sp³-hybridized carbons (Fsp3) is 0.333. The number of hydrogen-bond donors (Lipinski definition) is 1. The number of rotatable bonds is 8. The lowest BCUT2D eigenvalue weighted by Crippen LogP contribution is -2.36. The van der Waals surface area contributed by atoms with Crippen molar-refractivity contribution in [2.45, 2.75) is 13.8 Å². The number of nitrogens with one attached hydrogen (secondary N) is 1. The fourth-order valence-electron chi connectivity index (χ4n) is 1.63. The summed E-state index contributed by atoms with van der Waals surface area (Å²) in [5.41, 5.74) is 0.467. The molecule has 0 bridgehead atoms. The van der Waals surface area contributed by atoms with E-state index in [1.807, 2.05) is 0 Å². The predicted molar refractivity (Wildman–Crippen MR) is 88.4 cm³/mol. The third kappa shape index (κ3) is 5.67. The first kappa shape index (κ1) is 18.6. The van der Waals surface area contributed by atoms with Gasteiger partial charge in [-0.15, -0.1) is 6.58 Å². The molecule has 0 aromatic carbocycles. The molecule has 8 heteroatoms. The highest BCUT2D eigenvalue weighted by Gasteiger charge is 2.19. The number of aryl methyl sites for hydroxylation is 1. The second-order valence-corrected chi connectivity index (χ2v) is 5.56. The van der Waals surface area contributed by atoms with Gasteiger partial charge in [0.05, 0.1) is 5.69 Å². The molecule has 0 saturated heterocycles. The molecule has 0 spiro atoms. The van der Waals surface area contributed by atoms with Crippen LogP contribution in [0.5, 0.6) is 0 Å². The zero-order chi connectivity index (χ0) is 17.4. The molecule has 0 aliphatic carbocycles. The molecule has 7 nitrogen and oxygen atoms in total. The molecule has 1 aromatic rings. The SMILES string of the molecule is C=CCOC(=O)c1sc(NC(=O)CN(CC=C)C(C)=O)nc1C. The standard InChI is InChI=1S/C15H19N3O4S/c1-5-7-18(11(4)19)9-12(20)17-15-16-10(3)13(23-15)14(21)22-8-6-2/h5-6H,1-2,7-9H2,3-4H3,(H,16,17,20). The van der Waals surface area contributed by atoms with E-state index in [1.54, 1.807) is 6.92 Å². The largest absolute Gasteiger partial charge is 0.457 e. The van der Waals surface area contributed by atoms with E-state index >= 15 is 0 Å². The maximum Gasteiger partial charge on any atom is 0.350 e. The maximum absolute atomic E-state index is 12.0. The highest BCUT2D eigenvalue weighted by molar-refractivity contribution is 7.17. The van der Waals surface area contributed by atoms with Crippen LogP contribution in [-0.2, 0) is 14.3 Å². The van der Waals surface area contributed by atoms with E-state index in [0.717, 1.165) is 11.3 Å². The molecule has 1 aromatic heterocycles. The Morgan fingerprint density at radius 2 is 2.04 bits per heavy atom. The third-order valence-electron chi connectivity index (χ3n) is 2.69. The zero-order valence-electron chi connectivity index (χ0n) is 13.1. The Hall–Kier alpha value is -2.48. The van der Waals surface area contributed by atoms with Crippen molar-refractivity contribution in [3.8, 4) is 0 Å². The van der Waals surface area contributed by atoms with Crippen LogP contribution < -0.4 is 5.32 Å². The summed E-state index contributed by atoms with van der Waals surface area (Å²) in [6.45, 7) is 10.3. The number of ether oxygens (including phenoxy) is 1. The van der Waals surface area contributed by atoms with E-state index in [0.29, 0.717) is 10.6 Å². The Labute approximate surface area is 138 Å². The smallest absolute Gasteiger partial charge is 0.350 e. The lowest BCUT2D eigenvalue weighted by Gasteiger charge is -2.17. The minimum atomic E-state index is -0.516. The van der Waals surface area contributed by atoms with E-state index < -0.39 is 11.9 Å². The molecule has 124 valence electrons. The van der Waals surface area contributed by atoms with E-state index in [4.69, 9.17) is 4.74 Å². The van der Waals surface area contributed by atoms with Crippen molar-refractivity contribution in [1.29, 1.82) is 0 Å². The summed E-state index contributed by atoms with van der Waals surface area (Å²) in [6, 6.07) is 0. The van der Waals surface area contributed by atoms with Crippen molar-refractivity contribution in [3.63, 3.8) is 0 Å². The molecule has 0 aliphatic rings.